The number of anilines is 1. The van der Waals surface area contributed by atoms with Crippen molar-refractivity contribution in [3.05, 3.63) is 35.2 Å². The lowest BCUT2D eigenvalue weighted by atomic mass is 10.1. The minimum Gasteiger partial charge on any atom is -0.319 e. The first-order chi connectivity index (χ1) is 9.72. The number of thiazole rings is 1. The van der Waals surface area contributed by atoms with E-state index in [0.717, 1.165) is 17.7 Å². The number of carbonyl (C=O) groups is 1. The van der Waals surface area contributed by atoms with Crippen LogP contribution >= 0.6 is 23.7 Å². The molecular weight excluding hydrogens is 306 g/mol. The van der Waals surface area contributed by atoms with E-state index in [-0.39, 0.29) is 18.3 Å². The molecule has 1 amide bonds. The summed E-state index contributed by atoms with van der Waals surface area (Å²) in [7, 11) is 1.83. The molecule has 4 nitrogen and oxygen atoms in total. The van der Waals surface area contributed by atoms with Gasteiger partial charge >= 0.3 is 0 Å². The van der Waals surface area contributed by atoms with Gasteiger partial charge in [-0.05, 0) is 19.0 Å². The molecule has 1 aromatic carbocycles. The molecule has 0 spiro atoms. The lowest BCUT2D eigenvalue weighted by molar-refractivity contribution is -0.116. The average Bonchev–Trinajstić information content (AvgIpc) is 2.93. The maximum Gasteiger partial charge on any atom is 0.227 e. The molecule has 21 heavy (non-hydrogen) atoms. The minimum atomic E-state index is -0.0124. The second-order valence-corrected chi connectivity index (χ2v) is 5.35. The van der Waals surface area contributed by atoms with E-state index >= 15 is 0 Å². The van der Waals surface area contributed by atoms with Crippen LogP contribution in [0.1, 0.15) is 18.9 Å². The molecule has 0 aliphatic rings. The van der Waals surface area contributed by atoms with Gasteiger partial charge in [0, 0.05) is 23.9 Å². The van der Waals surface area contributed by atoms with E-state index in [0.29, 0.717) is 18.1 Å². The second-order valence-electron chi connectivity index (χ2n) is 4.49. The normalized spacial score (nSPS) is 10.0. The van der Waals surface area contributed by atoms with Crippen LogP contribution in [0.25, 0.3) is 11.3 Å². The van der Waals surface area contributed by atoms with Crippen LogP contribution in [0.5, 0.6) is 0 Å². The quantitative estimate of drug-likeness (QED) is 0.856. The number of nitrogens with one attached hydrogen (secondary N) is 2. The molecule has 2 N–H and O–H groups in total. The van der Waals surface area contributed by atoms with E-state index in [1.807, 2.05) is 12.4 Å². The third-order valence-corrected chi connectivity index (χ3v) is 3.77. The summed E-state index contributed by atoms with van der Waals surface area (Å²) in [6.45, 7) is 2.80. The summed E-state index contributed by atoms with van der Waals surface area (Å²) in [5.41, 5.74) is 3.29. The topological polar surface area (TPSA) is 54.0 Å². The number of aryl methyl sites for hydroxylation is 1. The predicted molar refractivity (Wildman–Crippen MR) is 91.3 cm³/mol. The van der Waals surface area contributed by atoms with Crippen molar-refractivity contribution in [3.63, 3.8) is 0 Å². The third-order valence-electron chi connectivity index (χ3n) is 3.01. The Balaban J connectivity index is 0.00000220. The maximum atomic E-state index is 11.6. The Labute approximate surface area is 135 Å². The van der Waals surface area contributed by atoms with Crippen LogP contribution in [0.2, 0.25) is 0 Å². The standard InChI is InChI=1S/C15H19N3OS.ClH/c1-3-11-4-6-12(7-5-11)13-10-20-15(17-13)18-14(19)8-9-16-2;/h4-7,10,16H,3,8-9H2,1-2H3,(H,17,18,19);1H. The Morgan fingerprint density at radius 3 is 2.62 bits per heavy atom. The van der Waals surface area contributed by atoms with Crippen LogP contribution < -0.4 is 10.6 Å². The van der Waals surface area contributed by atoms with Crippen molar-refractivity contribution in [2.24, 2.45) is 0 Å². The van der Waals surface area contributed by atoms with Gasteiger partial charge in [0.1, 0.15) is 0 Å². The average molecular weight is 326 g/mol. The molecule has 114 valence electrons. The van der Waals surface area contributed by atoms with Crippen LogP contribution in [-0.2, 0) is 11.2 Å². The van der Waals surface area contributed by atoms with Crippen molar-refractivity contribution >= 4 is 34.8 Å². The number of amides is 1. The Bertz CT molecular complexity index is 569. The van der Waals surface area contributed by atoms with Crippen LogP contribution in [0.4, 0.5) is 5.13 Å². The van der Waals surface area contributed by atoms with Crippen molar-refractivity contribution in [3.8, 4) is 11.3 Å². The molecular formula is C15H20ClN3OS. The number of aromatic nitrogens is 1. The van der Waals surface area contributed by atoms with Crippen LogP contribution in [0, 0.1) is 0 Å². The van der Waals surface area contributed by atoms with Gasteiger partial charge in [-0.15, -0.1) is 23.7 Å². The van der Waals surface area contributed by atoms with E-state index in [9.17, 15) is 4.79 Å². The van der Waals surface area contributed by atoms with Gasteiger partial charge in [-0.3, -0.25) is 4.79 Å². The van der Waals surface area contributed by atoms with E-state index in [4.69, 9.17) is 0 Å². The Morgan fingerprint density at radius 1 is 1.29 bits per heavy atom. The molecule has 0 saturated carbocycles. The number of hydrogen-bond acceptors (Lipinski definition) is 4. The highest BCUT2D eigenvalue weighted by Gasteiger charge is 2.07. The second kappa shape index (κ2) is 8.77. The fourth-order valence-corrected chi connectivity index (χ4v) is 2.53. The highest BCUT2D eigenvalue weighted by molar-refractivity contribution is 7.14. The molecule has 2 aromatic rings. The van der Waals surface area contributed by atoms with Crippen LogP contribution in [0.3, 0.4) is 0 Å². The molecule has 1 heterocycles. The number of benzene rings is 1. The van der Waals surface area contributed by atoms with E-state index in [1.165, 1.54) is 16.9 Å². The smallest absolute Gasteiger partial charge is 0.227 e. The Hall–Kier alpha value is -1.43. The summed E-state index contributed by atoms with van der Waals surface area (Å²) in [4.78, 5) is 16.1. The van der Waals surface area contributed by atoms with Gasteiger partial charge in [-0.1, -0.05) is 31.2 Å². The molecule has 0 aliphatic carbocycles. The molecule has 0 radical (unpaired) electrons. The summed E-state index contributed by atoms with van der Waals surface area (Å²) < 4.78 is 0. The van der Waals surface area contributed by atoms with Gasteiger partial charge in [0.15, 0.2) is 5.13 Å². The van der Waals surface area contributed by atoms with Gasteiger partial charge in [-0.2, -0.15) is 0 Å². The molecule has 0 unspecified atom stereocenters. The van der Waals surface area contributed by atoms with Crippen molar-refractivity contribution in [1.29, 1.82) is 0 Å². The first-order valence-corrected chi connectivity index (χ1v) is 7.60. The first kappa shape index (κ1) is 17.6. The number of halogens is 1. The van der Waals surface area contributed by atoms with Crippen molar-refractivity contribution in [1.82, 2.24) is 10.3 Å². The molecule has 0 fully saturated rings. The fourth-order valence-electron chi connectivity index (χ4n) is 1.80. The molecule has 0 bridgehead atoms. The molecule has 0 aliphatic heterocycles. The maximum absolute atomic E-state index is 11.6. The summed E-state index contributed by atoms with van der Waals surface area (Å²) in [5.74, 6) is -0.0124. The van der Waals surface area contributed by atoms with Crippen LogP contribution in [-0.4, -0.2) is 24.5 Å². The molecule has 1 aromatic heterocycles. The fraction of sp³-hybridized carbons (Fsp3) is 0.333. The molecule has 2 rings (SSSR count). The number of rotatable bonds is 6. The van der Waals surface area contributed by atoms with E-state index < -0.39 is 0 Å². The highest BCUT2D eigenvalue weighted by Crippen LogP contribution is 2.25. The highest BCUT2D eigenvalue weighted by atomic mass is 35.5. The zero-order valence-electron chi connectivity index (χ0n) is 12.2. The minimum absolute atomic E-state index is 0. The Kier molecular flexibility index (Phi) is 7.36. The molecule has 0 saturated heterocycles. The van der Waals surface area contributed by atoms with Gasteiger partial charge < -0.3 is 10.6 Å². The van der Waals surface area contributed by atoms with Crippen LogP contribution in [0.15, 0.2) is 29.6 Å². The predicted octanol–water partition coefficient (Wildman–Crippen LogP) is 3.34. The van der Waals surface area contributed by atoms with Crippen molar-refractivity contribution in [2.75, 3.05) is 18.9 Å². The summed E-state index contributed by atoms with van der Waals surface area (Å²) >= 11 is 1.45. The molecule has 6 heteroatoms. The SMILES string of the molecule is CCc1ccc(-c2csc(NC(=O)CCNC)n2)cc1.Cl. The first-order valence-electron chi connectivity index (χ1n) is 6.72. The Morgan fingerprint density at radius 2 is 2.00 bits per heavy atom. The van der Waals surface area contributed by atoms with E-state index in [1.54, 1.807) is 0 Å². The largest absolute Gasteiger partial charge is 0.319 e. The van der Waals surface area contributed by atoms with Gasteiger partial charge in [0.2, 0.25) is 5.91 Å². The third kappa shape index (κ3) is 5.12. The lowest BCUT2D eigenvalue weighted by Gasteiger charge is -2.01. The summed E-state index contributed by atoms with van der Waals surface area (Å²) in [6, 6.07) is 8.36. The summed E-state index contributed by atoms with van der Waals surface area (Å²) in [5, 5.41) is 8.39. The zero-order valence-corrected chi connectivity index (χ0v) is 13.8. The molecule has 0 atom stereocenters. The van der Waals surface area contributed by atoms with Gasteiger partial charge in [0.25, 0.3) is 0 Å². The van der Waals surface area contributed by atoms with E-state index in [2.05, 4.69) is 46.8 Å². The number of carbonyl (C=O) groups excluding carboxylic acids is 1. The van der Waals surface area contributed by atoms with Crippen molar-refractivity contribution in [2.45, 2.75) is 19.8 Å². The lowest BCUT2D eigenvalue weighted by Crippen LogP contribution is -2.18. The summed E-state index contributed by atoms with van der Waals surface area (Å²) in [6.07, 6.45) is 1.49. The van der Waals surface area contributed by atoms with Gasteiger partial charge in [-0.25, -0.2) is 4.98 Å². The van der Waals surface area contributed by atoms with Gasteiger partial charge in [0.05, 0.1) is 5.69 Å². The zero-order chi connectivity index (χ0) is 14.4. The number of nitrogens with zero attached hydrogens (tertiary/aromatic N) is 1. The monoisotopic (exact) mass is 325 g/mol. The number of hydrogen-bond donors (Lipinski definition) is 2. The van der Waals surface area contributed by atoms with Crippen molar-refractivity contribution < 1.29 is 4.79 Å².